The van der Waals surface area contributed by atoms with Crippen molar-refractivity contribution < 1.29 is 22.7 Å². The number of carbonyl (C=O) groups is 1. The van der Waals surface area contributed by atoms with Gasteiger partial charge in [-0.1, -0.05) is 31.2 Å². The van der Waals surface area contributed by atoms with E-state index in [2.05, 4.69) is 9.71 Å². The quantitative estimate of drug-likeness (QED) is 0.399. The predicted octanol–water partition coefficient (Wildman–Crippen LogP) is 4.86. The number of aryl methyl sites for hydroxylation is 1. The standard InChI is InChI=1S/C31H37N3O5S/c1-6-21-10-14-25(15-11-21)40(36,37)33-27-17-31(27)20-30(3,4)39-28-26(31)16-23(18-32-28)29(35)34(7-2)19-22-8-12-24(38-5)13-9-22/h8-16,18,27,33H,6-7,17,19-20H2,1-5H3. The Morgan fingerprint density at radius 1 is 1.10 bits per heavy atom. The van der Waals surface area contributed by atoms with Crippen molar-refractivity contribution >= 4 is 15.9 Å². The first kappa shape index (κ1) is 28.1. The first-order chi connectivity index (χ1) is 19.0. The minimum absolute atomic E-state index is 0.137. The fourth-order valence-electron chi connectivity index (χ4n) is 5.73. The van der Waals surface area contributed by atoms with Crippen molar-refractivity contribution in [1.82, 2.24) is 14.6 Å². The van der Waals surface area contributed by atoms with Gasteiger partial charge in [0.05, 0.1) is 17.6 Å². The Kier molecular flexibility index (Phi) is 7.39. The Bertz CT molecular complexity index is 1500. The second-order valence-electron chi connectivity index (χ2n) is 11.3. The van der Waals surface area contributed by atoms with Crippen LogP contribution in [-0.4, -0.2) is 49.5 Å². The van der Waals surface area contributed by atoms with Crippen molar-refractivity contribution in [2.45, 2.75) is 75.5 Å². The summed E-state index contributed by atoms with van der Waals surface area (Å²) in [6.45, 7) is 8.92. The molecule has 1 spiro atoms. The van der Waals surface area contributed by atoms with Crippen molar-refractivity contribution in [3.63, 3.8) is 0 Å². The molecule has 9 heteroatoms. The largest absolute Gasteiger partial charge is 0.497 e. The summed E-state index contributed by atoms with van der Waals surface area (Å²) in [7, 11) is -2.09. The molecule has 0 bridgehead atoms. The van der Waals surface area contributed by atoms with Gasteiger partial charge in [-0.25, -0.2) is 18.1 Å². The number of fused-ring (bicyclic) bond motifs is 2. The third-order valence-electron chi connectivity index (χ3n) is 7.96. The van der Waals surface area contributed by atoms with Crippen LogP contribution in [0, 0.1) is 0 Å². The highest BCUT2D eigenvalue weighted by molar-refractivity contribution is 7.89. The van der Waals surface area contributed by atoms with Crippen molar-refractivity contribution in [3.05, 3.63) is 83.0 Å². The zero-order valence-corrected chi connectivity index (χ0v) is 24.5. The SMILES string of the molecule is CCc1ccc(S(=O)(=O)NC2CC23CC(C)(C)Oc2ncc(C(=O)N(CC)Cc4ccc(OC)cc4)cc23)cc1. The lowest BCUT2D eigenvalue weighted by molar-refractivity contribution is 0.0592. The van der Waals surface area contributed by atoms with E-state index >= 15 is 0 Å². The monoisotopic (exact) mass is 563 g/mol. The number of nitrogens with zero attached hydrogens (tertiary/aromatic N) is 2. The van der Waals surface area contributed by atoms with E-state index in [-0.39, 0.29) is 16.8 Å². The lowest BCUT2D eigenvalue weighted by Crippen LogP contribution is -2.42. The molecule has 5 rings (SSSR count). The minimum Gasteiger partial charge on any atom is -0.497 e. The van der Waals surface area contributed by atoms with Gasteiger partial charge in [-0.2, -0.15) is 0 Å². The molecule has 1 aromatic heterocycles. The number of hydrogen-bond donors (Lipinski definition) is 1. The van der Waals surface area contributed by atoms with Gasteiger partial charge in [-0.05, 0) is 81.5 Å². The molecule has 2 aliphatic rings. The lowest BCUT2D eigenvalue weighted by Gasteiger charge is -2.38. The molecular formula is C31H37N3O5S. The molecule has 2 atom stereocenters. The molecule has 1 amide bonds. The molecule has 1 aliphatic heterocycles. The highest BCUT2D eigenvalue weighted by Gasteiger charge is 2.62. The maximum atomic E-state index is 13.6. The van der Waals surface area contributed by atoms with Gasteiger partial charge in [0.2, 0.25) is 15.9 Å². The highest BCUT2D eigenvalue weighted by atomic mass is 32.2. The van der Waals surface area contributed by atoms with E-state index in [1.54, 1.807) is 30.3 Å². The van der Waals surface area contributed by atoms with Gasteiger partial charge in [0, 0.05) is 36.3 Å². The minimum atomic E-state index is -3.72. The molecule has 212 valence electrons. The number of amides is 1. The zero-order valence-electron chi connectivity index (χ0n) is 23.7. The van der Waals surface area contributed by atoms with E-state index in [0.717, 1.165) is 28.9 Å². The number of methoxy groups -OCH3 is 1. The van der Waals surface area contributed by atoms with Crippen LogP contribution in [0.3, 0.4) is 0 Å². The van der Waals surface area contributed by atoms with Crippen LogP contribution in [-0.2, 0) is 28.4 Å². The van der Waals surface area contributed by atoms with E-state index in [1.807, 2.05) is 70.2 Å². The molecule has 0 radical (unpaired) electrons. The molecular weight excluding hydrogens is 526 g/mol. The van der Waals surface area contributed by atoms with Gasteiger partial charge in [0.1, 0.15) is 11.4 Å². The molecule has 3 aromatic rings. The van der Waals surface area contributed by atoms with E-state index in [0.29, 0.717) is 37.4 Å². The molecule has 1 aliphatic carbocycles. The summed E-state index contributed by atoms with van der Waals surface area (Å²) < 4.78 is 40.9. The second-order valence-corrected chi connectivity index (χ2v) is 13.0. The Hall–Kier alpha value is -3.43. The summed E-state index contributed by atoms with van der Waals surface area (Å²) >= 11 is 0. The molecule has 8 nitrogen and oxygen atoms in total. The van der Waals surface area contributed by atoms with Crippen molar-refractivity contribution in [2.24, 2.45) is 0 Å². The van der Waals surface area contributed by atoms with Gasteiger partial charge in [0.15, 0.2) is 0 Å². The van der Waals surface area contributed by atoms with Crippen molar-refractivity contribution in [3.8, 4) is 11.6 Å². The normalized spacial score (nSPS) is 20.9. The van der Waals surface area contributed by atoms with Gasteiger partial charge in [0.25, 0.3) is 5.91 Å². The van der Waals surface area contributed by atoms with Crippen LogP contribution in [0.2, 0.25) is 0 Å². The van der Waals surface area contributed by atoms with E-state index in [9.17, 15) is 13.2 Å². The van der Waals surface area contributed by atoms with Gasteiger partial charge >= 0.3 is 0 Å². The summed E-state index contributed by atoms with van der Waals surface area (Å²) in [5.41, 5.74) is 2.29. The number of benzene rings is 2. The molecule has 2 heterocycles. The fourth-order valence-corrected chi connectivity index (χ4v) is 7.05. The first-order valence-corrected chi connectivity index (χ1v) is 15.2. The number of nitrogens with one attached hydrogen (secondary N) is 1. The third kappa shape index (κ3) is 5.45. The molecule has 2 unspecified atom stereocenters. The molecule has 0 saturated heterocycles. The molecule has 2 aromatic carbocycles. The molecule has 1 N–H and O–H groups in total. The predicted molar refractivity (Wildman–Crippen MR) is 153 cm³/mol. The van der Waals surface area contributed by atoms with Crippen molar-refractivity contribution in [2.75, 3.05) is 13.7 Å². The molecule has 1 fully saturated rings. The Balaban J connectivity index is 1.41. The maximum absolute atomic E-state index is 13.6. The van der Waals surface area contributed by atoms with Crippen LogP contribution in [0.4, 0.5) is 0 Å². The zero-order chi connectivity index (χ0) is 28.7. The highest BCUT2D eigenvalue weighted by Crippen LogP contribution is 2.59. The van der Waals surface area contributed by atoms with Gasteiger partial charge in [-0.3, -0.25) is 4.79 Å². The summed E-state index contributed by atoms with van der Waals surface area (Å²) in [6.07, 6.45) is 3.62. The van der Waals surface area contributed by atoms with Crippen LogP contribution in [0.5, 0.6) is 11.6 Å². The Morgan fingerprint density at radius 2 is 1.77 bits per heavy atom. The van der Waals surface area contributed by atoms with E-state index in [4.69, 9.17) is 9.47 Å². The third-order valence-corrected chi connectivity index (χ3v) is 9.45. The van der Waals surface area contributed by atoms with Gasteiger partial charge < -0.3 is 14.4 Å². The summed E-state index contributed by atoms with van der Waals surface area (Å²) in [5.74, 6) is 1.08. The van der Waals surface area contributed by atoms with E-state index in [1.165, 1.54) is 0 Å². The average Bonchev–Trinajstić information content (AvgIpc) is 3.60. The van der Waals surface area contributed by atoms with Crippen molar-refractivity contribution in [1.29, 1.82) is 0 Å². The van der Waals surface area contributed by atoms with Crippen LogP contribution >= 0.6 is 0 Å². The number of rotatable bonds is 9. The molecule has 1 saturated carbocycles. The topological polar surface area (TPSA) is 97.8 Å². The number of aromatic nitrogens is 1. The van der Waals surface area contributed by atoms with Crippen LogP contribution in [0.1, 0.15) is 67.6 Å². The number of sulfonamides is 1. The second kappa shape index (κ2) is 10.5. The number of ether oxygens (including phenoxy) is 2. The summed E-state index contributed by atoms with van der Waals surface area (Å²) in [6, 6.07) is 16.2. The van der Waals surface area contributed by atoms with Crippen LogP contribution in [0.15, 0.2) is 65.7 Å². The lowest BCUT2D eigenvalue weighted by atomic mass is 9.81. The first-order valence-electron chi connectivity index (χ1n) is 13.7. The Labute approximate surface area is 236 Å². The summed E-state index contributed by atoms with van der Waals surface area (Å²) in [5, 5.41) is 0. The van der Waals surface area contributed by atoms with Gasteiger partial charge in [-0.15, -0.1) is 0 Å². The number of hydrogen-bond acceptors (Lipinski definition) is 6. The van der Waals surface area contributed by atoms with Crippen LogP contribution in [0.25, 0.3) is 0 Å². The number of carbonyl (C=O) groups excluding carboxylic acids is 1. The van der Waals surface area contributed by atoms with E-state index < -0.39 is 21.0 Å². The maximum Gasteiger partial charge on any atom is 0.255 e. The molecule has 40 heavy (non-hydrogen) atoms. The Morgan fingerprint density at radius 3 is 2.40 bits per heavy atom. The summed E-state index contributed by atoms with van der Waals surface area (Å²) in [4.78, 5) is 20.2. The fraction of sp³-hybridized carbons (Fsp3) is 0.419. The number of pyridine rings is 1. The average molecular weight is 564 g/mol. The van der Waals surface area contributed by atoms with Crippen LogP contribution < -0.4 is 14.2 Å². The smallest absolute Gasteiger partial charge is 0.255 e.